The Hall–Kier alpha value is -3.13. The van der Waals surface area contributed by atoms with E-state index in [-0.39, 0.29) is 5.75 Å². The molecule has 0 radical (unpaired) electrons. The first-order chi connectivity index (χ1) is 13.3. The standard InChI is InChI=1S/C20H23N5O2S/c1-21-16-7-9-18(10-8-16)25(2)19-11-12-22-20(24-19)23-17-6-4-5-15(13-17)14-28(3,26)27/h4-13,21H,14H2,1-3H3,(H,22,23,24). The summed E-state index contributed by atoms with van der Waals surface area (Å²) >= 11 is 0. The van der Waals surface area contributed by atoms with Crippen molar-refractivity contribution < 1.29 is 8.42 Å². The largest absolute Gasteiger partial charge is 0.388 e. The molecule has 0 unspecified atom stereocenters. The summed E-state index contributed by atoms with van der Waals surface area (Å²) in [7, 11) is 0.728. The summed E-state index contributed by atoms with van der Waals surface area (Å²) in [6.45, 7) is 0. The predicted molar refractivity (Wildman–Crippen MR) is 114 cm³/mol. The summed E-state index contributed by atoms with van der Waals surface area (Å²) in [4.78, 5) is 10.8. The predicted octanol–water partition coefficient (Wildman–Crippen LogP) is 3.57. The minimum atomic E-state index is -3.09. The van der Waals surface area contributed by atoms with E-state index in [1.54, 1.807) is 18.3 Å². The van der Waals surface area contributed by atoms with Crippen LogP contribution in [0.4, 0.5) is 28.8 Å². The lowest BCUT2D eigenvalue weighted by molar-refractivity contribution is 0.601. The van der Waals surface area contributed by atoms with Crippen molar-refractivity contribution in [2.45, 2.75) is 5.75 Å². The second-order valence-electron chi connectivity index (χ2n) is 6.49. The van der Waals surface area contributed by atoms with Gasteiger partial charge in [0, 0.05) is 43.6 Å². The average Bonchev–Trinajstić information content (AvgIpc) is 2.67. The fourth-order valence-electron chi connectivity index (χ4n) is 2.75. The van der Waals surface area contributed by atoms with Crippen LogP contribution in [0.1, 0.15) is 5.56 Å². The molecule has 3 aromatic rings. The van der Waals surface area contributed by atoms with Crippen LogP contribution in [0, 0.1) is 0 Å². The average molecular weight is 398 g/mol. The number of hydrogen-bond acceptors (Lipinski definition) is 7. The normalized spacial score (nSPS) is 11.1. The van der Waals surface area contributed by atoms with Crippen LogP contribution in [0.15, 0.2) is 60.8 Å². The van der Waals surface area contributed by atoms with E-state index < -0.39 is 9.84 Å². The molecule has 28 heavy (non-hydrogen) atoms. The van der Waals surface area contributed by atoms with E-state index in [1.807, 2.05) is 61.5 Å². The maximum Gasteiger partial charge on any atom is 0.229 e. The van der Waals surface area contributed by atoms with Crippen LogP contribution < -0.4 is 15.5 Å². The number of hydrogen-bond donors (Lipinski definition) is 2. The molecule has 0 aliphatic heterocycles. The number of nitrogens with one attached hydrogen (secondary N) is 2. The zero-order valence-corrected chi connectivity index (χ0v) is 16.9. The molecule has 0 saturated carbocycles. The van der Waals surface area contributed by atoms with Crippen molar-refractivity contribution in [1.29, 1.82) is 0 Å². The Labute approximate surface area is 165 Å². The van der Waals surface area contributed by atoms with Gasteiger partial charge < -0.3 is 15.5 Å². The maximum atomic E-state index is 11.5. The number of aromatic nitrogens is 2. The second-order valence-corrected chi connectivity index (χ2v) is 8.63. The molecule has 8 heteroatoms. The quantitative estimate of drug-likeness (QED) is 0.630. The zero-order valence-electron chi connectivity index (χ0n) is 16.0. The van der Waals surface area contributed by atoms with Gasteiger partial charge in [-0.2, -0.15) is 4.98 Å². The number of benzene rings is 2. The monoisotopic (exact) mass is 397 g/mol. The minimum absolute atomic E-state index is 0.00519. The van der Waals surface area contributed by atoms with Gasteiger partial charge in [-0.15, -0.1) is 0 Å². The molecule has 1 heterocycles. The number of nitrogens with zero attached hydrogens (tertiary/aromatic N) is 3. The second kappa shape index (κ2) is 8.26. The molecule has 0 saturated heterocycles. The van der Waals surface area contributed by atoms with E-state index in [4.69, 9.17) is 0 Å². The van der Waals surface area contributed by atoms with Gasteiger partial charge in [-0.05, 0) is 48.0 Å². The number of sulfone groups is 1. The van der Waals surface area contributed by atoms with Crippen molar-refractivity contribution >= 4 is 38.7 Å². The summed E-state index contributed by atoms with van der Waals surface area (Å²) in [5.41, 5.74) is 3.49. The maximum absolute atomic E-state index is 11.5. The topological polar surface area (TPSA) is 87.2 Å². The lowest BCUT2D eigenvalue weighted by Gasteiger charge is -2.19. The lowest BCUT2D eigenvalue weighted by atomic mass is 10.2. The fourth-order valence-corrected chi connectivity index (χ4v) is 3.54. The van der Waals surface area contributed by atoms with Gasteiger partial charge in [-0.25, -0.2) is 13.4 Å². The van der Waals surface area contributed by atoms with Crippen molar-refractivity contribution in [2.75, 3.05) is 35.9 Å². The van der Waals surface area contributed by atoms with E-state index in [0.29, 0.717) is 11.5 Å². The number of anilines is 5. The zero-order chi connectivity index (χ0) is 20.1. The van der Waals surface area contributed by atoms with E-state index in [2.05, 4.69) is 20.6 Å². The van der Waals surface area contributed by atoms with Gasteiger partial charge in [-0.1, -0.05) is 12.1 Å². The molecule has 1 aromatic heterocycles. The molecule has 146 valence electrons. The highest BCUT2D eigenvalue weighted by molar-refractivity contribution is 7.89. The Morgan fingerprint density at radius 3 is 2.46 bits per heavy atom. The SMILES string of the molecule is CNc1ccc(N(C)c2ccnc(Nc3cccc(CS(C)(=O)=O)c3)n2)cc1. The van der Waals surface area contributed by atoms with Gasteiger partial charge in [0.25, 0.3) is 0 Å². The Morgan fingerprint density at radius 1 is 1.04 bits per heavy atom. The van der Waals surface area contributed by atoms with Gasteiger partial charge in [-0.3, -0.25) is 0 Å². The van der Waals surface area contributed by atoms with Crippen LogP contribution in [-0.2, 0) is 15.6 Å². The Balaban J connectivity index is 1.78. The molecule has 2 N–H and O–H groups in total. The first-order valence-corrected chi connectivity index (χ1v) is 10.8. The third kappa shape index (κ3) is 5.20. The smallest absolute Gasteiger partial charge is 0.229 e. The third-order valence-corrected chi connectivity index (χ3v) is 5.00. The highest BCUT2D eigenvalue weighted by Gasteiger charge is 2.09. The molecule has 3 rings (SSSR count). The van der Waals surface area contributed by atoms with Gasteiger partial charge in [0.05, 0.1) is 5.75 Å². The molecule has 2 aromatic carbocycles. The molecular formula is C20H23N5O2S. The Morgan fingerprint density at radius 2 is 1.79 bits per heavy atom. The van der Waals surface area contributed by atoms with Crippen LogP contribution in [0.3, 0.4) is 0 Å². The highest BCUT2D eigenvalue weighted by Crippen LogP contribution is 2.24. The summed E-state index contributed by atoms with van der Waals surface area (Å²) in [5.74, 6) is 1.17. The van der Waals surface area contributed by atoms with Crippen LogP contribution in [0.25, 0.3) is 0 Å². The van der Waals surface area contributed by atoms with Crippen LogP contribution in [0.2, 0.25) is 0 Å². The highest BCUT2D eigenvalue weighted by atomic mass is 32.2. The van der Waals surface area contributed by atoms with Crippen molar-refractivity contribution in [3.8, 4) is 0 Å². The van der Waals surface area contributed by atoms with Crippen LogP contribution >= 0.6 is 0 Å². The van der Waals surface area contributed by atoms with Crippen molar-refractivity contribution in [1.82, 2.24) is 9.97 Å². The van der Waals surface area contributed by atoms with E-state index in [9.17, 15) is 8.42 Å². The van der Waals surface area contributed by atoms with Gasteiger partial charge >= 0.3 is 0 Å². The minimum Gasteiger partial charge on any atom is -0.388 e. The Kier molecular flexibility index (Phi) is 5.79. The van der Waals surface area contributed by atoms with E-state index in [1.165, 1.54) is 6.26 Å². The molecule has 0 spiro atoms. The van der Waals surface area contributed by atoms with Crippen LogP contribution in [-0.4, -0.2) is 38.7 Å². The van der Waals surface area contributed by atoms with Crippen molar-refractivity contribution in [2.24, 2.45) is 0 Å². The molecular weight excluding hydrogens is 374 g/mol. The van der Waals surface area contributed by atoms with Crippen molar-refractivity contribution in [3.05, 3.63) is 66.4 Å². The number of rotatable bonds is 7. The molecule has 0 aliphatic carbocycles. The molecule has 0 fully saturated rings. The molecule has 0 amide bonds. The van der Waals surface area contributed by atoms with E-state index in [0.717, 1.165) is 22.9 Å². The van der Waals surface area contributed by atoms with E-state index >= 15 is 0 Å². The Bertz CT molecular complexity index is 1050. The molecule has 7 nitrogen and oxygen atoms in total. The summed E-state index contributed by atoms with van der Waals surface area (Å²) in [6, 6.07) is 17.1. The summed E-state index contributed by atoms with van der Waals surface area (Å²) in [5, 5.41) is 6.24. The fraction of sp³-hybridized carbons (Fsp3) is 0.200. The summed E-state index contributed by atoms with van der Waals surface area (Å²) in [6.07, 6.45) is 2.90. The molecule has 0 atom stereocenters. The van der Waals surface area contributed by atoms with Crippen LogP contribution in [0.5, 0.6) is 0 Å². The van der Waals surface area contributed by atoms with Gasteiger partial charge in [0.1, 0.15) is 5.82 Å². The van der Waals surface area contributed by atoms with Gasteiger partial charge in [0.15, 0.2) is 9.84 Å². The van der Waals surface area contributed by atoms with Crippen molar-refractivity contribution in [3.63, 3.8) is 0 Å². The summed E-state index contributed by atoms with van der Waals surface area (Å²) < 4.78 is 23.0. The lowest BCUT2D eigenvalue weighted by Crippen LogP contribution is -2.12. The first kappa shape index (κ1) is 19.6. The first-order valence-electron chi connectivity index (χ1n) is 8.72. The molecule has 0 aliphatic rings. The van der Waals surface area contributed by atoms with Gasteiger partial charge in [0.2, 0.25) is 5.95 Å². The third-order valence-electron chi connectivity index (χ3n) is 4.14. The molecule has 0 bridgehead atoms.